The van der Waals surface area contributed by atoms with Gasteiger partial charge in [0.25, 0.3) is 5.91 Å². The summed E-state index contributed by atoms with van der Waals surface area (Å²) in [6, 6.07) is 13.7. The number of alkyl halides is 3. The molecule has 0 bridgehead atoms. The predicted octanol–water partition coefficient (Wildman–Crippen LogP) is 3.84. The Labute approximate surface area is 187 Å². The van der Waals surface area contributed by atoms with Crippen LogP contribution in [0.1, 0.15) is 35.1 Å². The molecular formula is C24H17F3N4O2. The van der Waals surface area contributed by atoms with Gasteiger partial charge in [0.1, 0.15) is 11.6 Å². The minimum atomic E-state index is -4.58. The van der Waals surface area contributed by atoms with E-state index in [-0.39, 0.29) is 23.3 Å². The quantitative estimate of drug-likeness (QED) is 0.699. The summed E-state index contributed by atoms with van der Waals surface area (Å²) in [6.45, 7) is 1.50. The number of ketones is 1. The lowest BCUT2D eigenvalue weighted by Crippen LogP contribution is -2.40. The van der Waals surface area contributed by atoms with Gasteiger partial charge in [0.15, 0.2) is 5.78 Å². The molecule has 1 amide bonds. The molecule has 1 heterocycles. The third kappa shape index (κ3) is 5.34. The molecule has 0 spiro atoms. The third-order valence-corrected chi connectivity index (χ3v) is 5.12. The Kier molecular flexibility index (Phi) is 6.74. The molecular weight excluding hydrogens is 433 g/mol. The van der Waals surface area contributed by atoms with Crippen LogP contribution in [0.15, 0.2) is 65.3 Å². The number of rotatable bonds is 5. The van der Waals surface area contributed by atoms with Gasteiger partial charge in [-0.1, -0.05) is 30.3 Å². The van der Waals surface area contributed by atoms with E-state index < -0.39 is 35.4 Å². The van der Waals surface area contributed by atoms with Crippen molar-refractivity contribution >= 4 is 17.4 Å². The molecule has 6 nitrogen and oxygen atoms in total. The summed E-state index contributed by atoms with van der Waals surface area (Å²) in [5.74, 6) is -2.68. The highest BCUT2D eigenvalue weighted by Gasteiger charge is 2.36. The van der Waals surface area contributed by atoms with Gasteiger partial charge in [0.05, 0.1) is 29.2 Å². The zero-order chi connectivity index (χ0) is 24.2. The van der Waals surface area contributed by atoms with E-state index in [0.717, 1.165) is 18.3 Å². The highest BCUT2D eigenvalue weighted by Crippen LogP contribution is 2.33. The van der Waals surface area contributed by atoms with Crippen molar-refractivity contribution in [2.75, 3.05) is 0 Å². The molecule has 0 aliphatic carbocycles. The molecule has 1 aliphatic heterocycles. The highest BCUT2D eigenvalue weighted by molar-refractivity contribution is 6.28. The van der Waals surface area contributed by atoms with Crippen LogP contribution >= 0.6 is 0 Å². The number of nitrogens with one attached hydrogen (secondary N) is 1. The first-order valence-corrected chi connectivity index (χ1v) is 9.79. The van der Waals surface area contributed by atoms with E-state index in [2.05, 4.69) is 10.3 Å². The van der Waals surface area contributed by atoms with E-state index in [4.69, 9.17) is 5.26 Å². The van der Waals surface area contributed by atoms with Gasteiger partial charge in [-0.2, -0.15) is 23.7 Å². The molecule has 0 saturated heterocycles. The normalized spacial score (nSPS) is 16.7. The number of nitriles is 2. The first kappa shape index (κ1) is 23.4. The Morgan fingerprint density at radius 1 is 1.18 bits per heavy atom. The fourth-order valence-corrected chi connectivity index (χ4v) is 3.42. The van der Waals surface area contributed by atoms with Crippen molar-refractivity contribution in [1.82, 2.24) is 5.32 Å². The topological polar surface area (TPSA) is 106 Å². The van der Waals surface area contributed by atoms with Gasteiger partial charge >= 0.3 is 6.18 Å². The van der Waals surface area contributed by atoms with Crippen LogP contribution in [-0.4, -0.2) is 23.4 Å². The molecule has 166 valence electrons. The second kappa shape index (κ2) is 9.49. The first-order chi connectivity index (χ1) is 15.6. The van der Waals surface area contributed by atoms with Crippen LogP contribution in [0.25, 0.3) is 0 Å². The molecule has 2 aromatic carbocycles. The highest BCUT2D eigenvalue weighted by atomic mass is 19.4. The van der Waals surface area contributed by atoms with E-state index in [1.165, 1.54) is 19.1 Å². The smallest absolute Gasteiger partial charge is 0.336 e. The maximum atomic E-state index is 13.1. The monoisotopic (exact) mass is 450 g/mol. The molecule has 1 N–H and O–H groups in total. The summed E-state index contributed by atoms with van der Waals surface area (Å²) in [7, 11) is 0. The van der Waals surface area contributed by atoms with E-state index in [1.54, 1.807) is 24.3 Å². The number of halogens is 3. The summed E-state index contributed by atoms with van der Waals surface area (Å²) in [5.41, 5.74) is 0.217. The molecule has 0 saturated carbocycles. The van der Waals surface area contributed by atoms with Crippen molar-refractivity contribution in [1.29, 1.82) is 10.5 Å². The van der Waals surface area contributed by atoms with Gasteiger partial charge < -0.3 is 5.32 Å². The fraction of sp³-hybridized carbons (Fsp3) is 0.208. The van der Waals surface area contributed by atoms with Crippen LogP contribution in [0.4, 0.5) is 13.2 Å². The number of carbonyl (C=O) groups excluding carboxylic acids is 2. The molecule has 2 atom stereocenters. The summed E-state index contributed by atoms with van der Waals surface area (Å²) < 4.78 is 39.3. The lowest BCUT2D eigenvalue weighted by Gasteiger charge is -2.22. The SMILES string of the molecule is CC1=NC=C(C(=O)NC(C#N)Cc2ccc(C#N)cc2)C(=O)C1c1cccc(C(F)(F)F)c1. The molecule has 2 unspecified atom stereocenters. The number of aliphatic imine (C=N–C) groups is 1. The fourth-order valence-electron chi connectivity index (χ4n) is 3.42. The van der Waals surface area contributed by atoms with Crippen molar-refractivity contribution in [3.63, 3.8) is 0 Å². The molecule has 33 heavy (non-hydrogen) atoms. The number of hydrogen-bond donors (Lipinski definition) is 1. The molecule has 2 aromatic rings. The Bertz CT molecular complexity index is 1230. The molecule has 0 aromatic heterocycles. The lowest BCUT2D eigenvalue weighted by atomic mass is 9.84. The van der Waals surface area contributed by atoms with Gasteiger partial charge in [-0.25, -0.2) is 0 Å². The summed E-state index contributed by atoms with van der Waals surface area (Å²) in [5, 5.41) is 20.7. The maximum Gasteiger partial charge on any atom is 0.416 e. The van der Waals surface area contributed by atoms with Gasteiger partial charge in [0.2, 0.25) is 0 Å². The van der Waals surface area contributed by atoms with E-state index in [9.17, 15) is 28.0 Å². The maximum absolute atomic E-state index is 13.1. The van der Waals surface area contributed by atoms with Gasteiger partial charge in [0, 0.05) is 18.3 Å². The van der Waals surface area contributed by atoms with Crippen molar-refractivity contribution in [3.8, 4) is 12.1 Å². The number of Topliss-reactive ketones (excluding diaryl/α,β-unsaturated/α-hetero) is 1. The Morgan fingerprint density at radius 2 is 1.88 bits per heavy atom. The van der Waals surface area contributed by atoms with Crippen molar-refractivity contribution < 1.29 is 22.8 Å². The summed E-state index contributed by atoms with van der Waals surface area (Å²) in [4.78, 5) is 29.8. The third-order valence-electron chi connectivity index (χ3n) is 5.12. The van der Waals surface area contributed by atoms with Crippen LogP contribution in [0.2, 0.25) is 0 Å². The zero-order valence-electron chi connectivity index (χ0n) is 17.3. The van der Waals surface area contributed by atoms with Crippen molar-refractivity contribution in [2.24, 2.45) is 4.99 Å². The second-order valence-corrected chi connectivity index (χ2v) is 7.40. The molecule has 0 radical (unpaired) electrons. The van der Waals surface area contributed by atoms with E-state index in [0.29, 0.717) is 11.1 Å². The predicted molar refractivity (Wildman–Crippen MR) is 113 cm³/mol. The van der Waals surface area contributed by atoms with Crippen LogP contribution in [-0.2, 0) is 22.2 Å². The van der Waals surface area contributed by atoms with Crippen LogP contribution < -0.4 is 5.32 Å². The summed E-state index contributed by atoms with van der Waals surface area (Å²) in [6.07, 6.45) is -3.39. The van der Waals surface area contributed by atoms with Crippen LogP contribution in [0.5, 0.6) is 0 Å². The zero-order valence-corrected chi connectivity index (χ0v) is 17.3. The number of hydrogen-bond acceptors (Lipinski definition) is 5. The average molecular weight is 450 g/mol. The first-order valence-electron chi connectivity index (χ1n) is 9.79. The van der Waals surface area contributed by atoms with Crippen LogP contribution in [0.3, 0.4) is 0 Å². The Morgan fingerprint density at radius 3 is 2.48 bits per heavy atom. The molecule has 1 aliphatic rings. The Balaban J connectivity index is 1.79. The second-order valence-electron chi connectivity index (χ2n) is 7.40. The lowest BCUT2D eigenvalue weighted by molar-refractivity contribution is -0.137. The molecule has 9 heteroatoms. The van der Waals surface area contributed by atoms with Gasteiger partial charge in [-0.05, 0) is 36.2 Å². The van der Waals surface area contributed by atoms with Gasteiger partial charge in [-0.15, -0.1) is 0 Å². The number of amides is 1. The van der Waals surface area contributed by atoms with E-state index in [1.807, 2.05) is 12.1 Å². The minimum Gasteiger partial charge on any atom is -0.336 e. The molecule has 3 rings (SSSR count). The average Bonchev–Trinajstić information content (AvgIpc) is 2.78. The summed E-state index contributed by atoms with van der Waals surface area (Å²) >= 11 is 0. The van der Waals surface area contributed by atoms with Crippen molar-refractivity contribution in [2.45, 2.75) is 31.5 Å². The number of benzene rings is 2. The van der Waals surface area contributed by atoms with Crippen molar-refractivity contribution in [3.05, 3.63) is 82.6 Å². The van der Waals surface area contributed by atoms with Gasteiger partial charge in [-0.3, -0.25) is 14.6 Å². The Hall–Kier alpha value is -4.24. The molecule has 0 fully saturated rings. The van der Waals surface area contributed by atoms with Crippen LogP contribution in [0, 0.1) is 22.7 Å². The number of nitrogens with zero attached hydrogens (tertiary/aromatic N) is 3. The largest absolute Gasteiger partial charge is 0.416 e. The van der Waals surface area contributed by atoms with E-state index >= 15 is 0 Å². The minimum absolute atomic E-state index is 0.0730. The standard InChI is InChI=1S/C24H17F3N4O2/c1-14-21(17-3-2-4-18(10-17)24(25,26)27)22(32)20(13-30-14)23(33)31-19(12-29)9-15-5-7-16(11-28)8-6-15/h2-8,10,13,19,21H,9H2,1H3,(H,31,33). The number of carbonyl (C=O) groups is 2.